The Kier molecular flexibility index (Phi) is 5.18. The third-order valence-corrected chi connectivity index (χ3v) is 4.24. The average Bonchev–Trinajstić information content (AvgIpc) is 3.14. The number of para-hydroxylation sites is 1. The zero-order valence-electron chi connectivity index (χ0n) is 13.0. The summed E-state index contributed by atoms with van der Waals surface area (Å²) in [5.41, 5.74) is 2.14. The van der Waals surface area contributed by atoms with E-state index in [2.05, 4.69) is 15.6 Å². The molecule has 2 heterocycles. The van der Waals surface area contributed by atoms with E-state index in [1.807, 2.05) is 35.7 Å². The largest absolute Gasteiger partial charge is 0.352 e. The molecule has 0 fully saturated rings. The number of pyridine rings is 1. The van der Waals surface area contributed by atoms with Crippen molar-refractivity contribution in [3.05, 3.63) is 58.9 Å². The number of anilines is 1. The smallest absolute Gasteiger partial charge is 0.252 e. The quantitative estimate of drug-likeness (QED) is 0.676. The van der Waals surface area contributed by atoms with E-state index in [9.17, 15) is 9.59 Å². The van der Waals surface area contributed by atoms with E-state index in [1.54, 1.807) is 17.6 Å². The highest BCUT2D eigenvalue weighted by Crippen LogP contribution is 2.20. The molecule has 0 aliphatic carbocycles. The maximum atomic E-state index is 12.1. The molecular formula is C18H17N3O2S. The van der Waals surface area contributed by atoms with Gasteiger partial charge in [-0.25, -0.2) is 0 Å². The summed E-state index contributed by atoms with van der Waals surface area (Å²) in [5, 5.41) is 10.3. The monoisotopic (exact) mass is 339 g/mol. The Morgan fingerprint density at radius 3 is 2.83 bits per heavy atom. The van der Waals surface area contributed by atoms with Crippen LogP contribution in [-0.4, -0.2) is 23.3 Å². The van der Waals surface area contributed by atoms with Crippen molar-refractivity contribution in [1.29, 1.82) is 0 Å². The molecule has 1 aromatic carbocycles. The lowest BCUT2D eigenvalue weighted by molar-refractivity contribution is -0.116. The number of benzene rings is 1. The molecule has 3 rings (SSSR count). The van der Waals surface area contributed by atoms with Crippen molar-refractivity contribution in [2.24, 2.45) is 0 Å². The number of hydrogen-bond acceptors (Lipinski definition) is 4. The average molecular weight is 339 g/mol. The summed E-state index contributed by atoms with van der Waals surface area (Å²) in [7, 11) is 0. The van der Waals surface area contributed by atoms with Gasteiger partial charge in [0, 0.05) is 35.5 Å². The molecule has 3 aromatic rings. The van der Waals surface area contributed by atoms with Gasteiger partial charge in [0.05, 0.1) is 11.2 Å². The van der Waals surface area contributed by atoms with Gasteiger partial charge in [-0.05, 0) is 30.0 Å². The number of thiophene rings is 1. The first-order valence-electron chi connectivity index (χ1n) is 7.68. The summed E-state index contributed by atoms with van der Waals surface area (Å²) < 4.78 is 0. The molecule has 2 amide bonds. The Balaban J connectivity index is 1.48. The second kappa shape index (κ2) is 7.70. The lowest BCUT2D eigenvalue weighted by Gasteiger charge is -2.08. The number of rotatable bonds is 6. The standard InChI is InChI=1S/C18H17N3O2S/c22-16(7-3-10-20-18(23)14-8-11-24-12-14)21-15-6-1-4-13-5-2-9-19-17(13)15/h1-2,4-6,8-9,11-12H,3,7,10H2,(H,20,23)(H,21,22). The summed E-state index contributed by atoms with van der Waals surface area (Å²) >= 11 is 1.48. The van der Waals surface area contributed by atoms with Crippen molar-refractivity contribution in [1.82, 2.24) is 10.3 Å². The first-order chi connectivity index (χ1) is 11.7. The van der Waals surface area contributed by atoms with Crippen LogP contribution in [0.25, 0.3) is 10.9 Å². The molecule has 0 atom stereocenters. The molecule has 0 saturated heterocycles. The number of carbonyl (C=O) groups excluding carboxylic acids is 2. The van der Waals surface area contributed by atoms with Gasteiger partial charge in [0.15, 0.2) is 0 Å². The van der Waals surface area contributed by atoms with Gasteiger partial charge in [0.25, 0.3) is 5.91 Å². The number of nitrogens with one attached hydrogen (secondary N) is 2. The van der Waals surface area contributed by atoms with Crippen LogP contribution in [0, 0.1) is 0 Å². The van der Waals surface area contributed by atoms with Crippen molar-refractivity contribution >= 4 is 39.7 Å². The van der Waals surface area contributed by atoms with Gasteiger partial charge in [-0.15, -0.1) is 0 Å². The predicted octanol–water partition coefficient (Wildman–Crippen LogP) is 3.45. The van der Waals surface area contributed by atoms with Crippen LogP contribution in [-0.2, 0) is 4.79 Å². The van der Waals surface area contributed by atoms with Gasteiger partial charge in [0.2, 0.25) is 5.91 Å². The molecule has 0 radical (unpaired) electrons. The SMILES string of the molecule is O=C(CCCNC(=O)c1ccsc1)Nc1cccc2cccnc12. The van der Waals surface area contributed by atoms with Crippen LogP contribution in [0.5, 0.6) is 0 Å². The van der Waals surface area contributed by atoms with E-state index in [1.165, 1.54) is 11.3 Å². The fourth-order valence-corrected chi connectivity index (χ4v) is 3.00. The second-order valence-electron chi connectivity index (χ2n) is 5.30. The molecule has 2 N–H and O–H groups in total. The van der Waals surface area contributed by atoms with E-state index in [0.717, 1.165) is 10.9 Å². The van der Waals surface area contributed by atoms with Crippen molar-refractivity contribution in [2.45, 2.75) is 12.8 Å². The Morgan fingerprint density at radius 1 is 1.12 bits per heavy atom. The van der Waals surface area contributed by atoms with Crippen LogP contribution in [0.4, 0.5) is 5.69 Å². The minimum atomic E-state index is -0.102. The first-order valence-corrected chi connectivity index (χ1v) is 8.62. The zero-order valence-corrected chi connectivity index (χ0v) is 13.8. The predicted molar refractivity (Wildman–Crippen MR) is 96.3 cm³/mol. The summed E-state index contributed by atoms with van der Waals surface area (Å²) in [6.07, 6.45) is 2.63. The van der Waals surface area contributed by atoms with E-state index >= 15 is 0 Å². The van der Waals surface area contributed by atoms with E-state index in [-0.39, 0.29) is 11.8 Å². The number of hydrogen-bond donors (Lipinski definition) is 2. The number of fused-ring (bicyclic) bond motifs is 1. The number of carbonyl (C=O) groups is 2. The highest BCUT2D eigenvalue weighted by Gasteiger charge is 2.08. The fourth-order valence-electron chi connectivity index (χ4n) is 2.36. The number of amides is 2. The lowest BCUT2D eigenvalue weighted by atomic mass is 10.2. The van der Waals surface area contributed by atoms with Crippen LogP contribution < -0.4 is 10.6 Å². The molecule has 0 saturated carbocycles. The van der Waals surface area contributed by atoms with Gasteiger partial charge < -0.3 is 10.6 Å². The molecule has 122 valence electrons. The Bertz CT molecular complexity index is 841. The molecule has 0 aliphatic rings. The summed E-state index contributed by atoms with van der Waals surface area (Å²) in [6.45, 7) is 0.468. The van der Waals surface area contributed by atoms with Crippen LogP contribution in [0.15, 0.2) is 53.4 Å². The van der Waals surface area contributed by atoms with Crippen molar-refractivity contribution in [2.75, 3.05) is 11.9 Å². The van der Waals surface area contributed by atoms with E-state index in [0.29, 0.717) is 30.6 Å². The topological polar surface area (TPSA) is 71.1 Å². The van der Waals surface area contributed by atoms with Crippen molar-refractivity contribution in [3.8, 4) is 0 Å². The summed E-state index contributed by atoms with van der Waals surface area (Å²) in [5.74, 6) is -0.187. The molecule has 6 heteroatoms. The molecule has 0 bridgehead atoms. The molecule has 2 aromatic heterocycles. The summed E-state index contributed by atoms with van der Waals surface area (Å²) in [6, 6.07) is 11.3. The zero-order chi connectivity index (χ0) is 16.8. The van der Waals surface area contributed by atoms with E-state index < -0.39 is 0 Å². The highest BCUT2D eigenvalue weighted by atomic mass is 32.1. The van der Waals surface area contributed by atoms with Crippen LogP contribution in [0.1, 0.15) is 23.2 Å². The van der Waals surface area contributed by atoms with Gasteiger partial charge in [-0.3, -0.25) is 14.6 Å². The Hall–Kier alpha value is -2.73. The Morgan fingerprint density at radius 2 is 2.00 bits per heavy atom. The van der Waals surface area contributed by atoms with Gasteiger partial charge in [-0.1, -0.05) is 18.2 Å². The summed E-state index contributed by atoms with van der Waals surface area (Å²) in [4.78, 5) is 28.2. The van der Waals surface area contributed by atoms with Crippen molar-refractivity contribution in [3.63, 3.8) is 0 Å². The molecular weight excluding hydrogens is 322 g/mol. The van der Waals surface area contributed by atoms with Crippen molar-refractivity contribution < 1.29 is 9.59 Å². The Labute approximate surface area is 143 Å². The maximum absolute atomic E-state index is 12.1. The number of nitrogens with zero attached hydrogens (tertiary/aromatic N) is 1. The normalized spacial score (nSPS) is 10.5. The molecule has 5 nitrogen and oxygen atoms in total. The first kappa shape index (κ1) is 16.1. The minimum absolute atomic E-state index is 0.0852. The minimum Gasteiger partial charge on any atom is -0.352 e. The van der Waals surface area contributed by atoms with Gasteiger partial charge >= 0.3 is 0 Å². The van der Waals surface area contributed by atoms with Crippen LogP contribution >= 0.6 is 11.3 Å². The lowest BCUT2D eigenvalue weighted by Crippen LogP contribution is -2.25. The van der Waals surface area contributed by atoms with Crippen LogP contribution in [0.2, 0.25) is 0 Å². The highest BCUT2D eigenvalue weighted by molar-refractivity contribution is 7.08. The van der Waals surface area contributed by atoms with Gasteiger partial charge in [-0.2, -0.15) is 11.3 Å². The van der Waals surface area contributed by atoms with Gasteiger partial charge in [0.1, 0.15) is 0 Å². The fraction of sp³-hybridized carbons (Fsp3) is 0.167. The van der Waals surface area contributed by atoms with E-state index in [4.69, 9.17) is 0 Å². The second-order valence-corrected chi connectivity index (χ2v) is 6.08. The molecule has 24 heavy (non-hydrogen) atoms. The maximum Gasteiger partial charge on any atom is 0.252 e. The third kappa shape index (κ3) is 3.97. The third-order valence-electron chi connectivity index (χ3n) is 3.56. The number of aromatic nitrogens is 1. The van der Waals surface area contributed by atoms with Crippen LogP contribution in [0.3, 0.4) is 0 Å². The molecule has 0 spiro atoms. The molecule has 0 aliphatic heterocycles. The molecule has 0 unspecified atom stereocenters.